The molecular formula is C18H22N4O2. The van der Waals surface area contributed by atoms with Crippen molar-refractivity contribution in [2.45, 2.75) is 19.9 Å². The summed E-state index contributed by atoms with van der Waals surface area (Å²) >= 11 is 0. The van der Waals surface area contributed by atoms with E-state index in [1.54, 1.807) is 13.2 Å². The smallest absolute Gasteiger partial charge is 0.270 e. The van der Waals surface area contributed by atoms with Gasteiger partial charge in [-0.3, -0.25) is 4.79 Å². The van der Waals surface area contributed by atoms with E-state index in [9.17, 15) is 4.79 Å². The van der Waals surface area contributed by atoms with Crippen LogP contribution in [0.25, 0.3) is 0 Å². The second kappa shape index (κ2) is 7.40. The molecule has 1 amide bonds. The normalized spacial score (nSPS) is 13.5. The van der Waals surface area contributed by atoms with Gasteiger partial charge in [0, 0.05) is 32.8 Å². The summed E-state index contributed by atoms with van der Waals surface area (Å²) in [4.78, 5) is 23.2. The number of methoxy groups -OCH3 is 1. The number of carbonyl (C=O) groups is 1. The van der Waals surface area contributed by atoms with Crippen LogP contribution in [0.5, 0.6) is 0 Å². The number of ether oxygens (including phenoxy) is 1. The summed E-state index contributed by atoms with van der Waals surface area (Å²) in [6, 6.07) is 10.2. The van der Waals surface area contributed by atoms with Crippen molar-refractivity contribution in [1.82, 2.24) is 15.3 Å². The SMILES string of the molecule is COCCNC(=O)c1cc(N2CCc3ccccc3C2)nc(C)n1. The average Bonchev–Trinajstić information content (AvgIpc) is 2.61. The number of fused-ring (bicyclic) bond motifs is 1. The molecule has 2 heterocycles. The first kappa shape index (κ1) is 16.4. The first-order valence-corrected chi connectivity index (χ1v) is 8.12. The van der Waals surface area contributed by atoms with E-state index in [4.69, 9.17) is 4.74 Å². The number of rotatable bonds is 5. The standard InChI is InChI=1S/C18H22N4O2/c1-13-20-16(18(23)19-8-10-24-2)11-17(21-13)22-9-7-14-5-3-4-6-15(14)12-22/h3-6,11H,7-10,12H2,1-2H3,(H,19,23). The highest BCUT2D eigenvalue weighted by Crippen LogP contribution is 2.23. The Balaban J connectivity index is 1.78. The van der Waals surface area contributed by atoms with Crippen LogP contribution in [-0.2, 0) is 17.7 Å². The molecule has 1 aromatic carbocycles. The largest absolute Gasteiger partial charge is 0.383 e. The number of aryl methyl sites for hydroxylation is 1. The molecule has 1 aliphatic rings. The Kier molecular flexibility index (Phi) is 5.05. The highest BCUT2D eigenvalue weighted by molar-refractivity contribution is 5.92. The van der Waals surface area contributed by atoms with Crippen molar-refractivity contribution >= 4 is 11.7 Å². The van der Waals surface area contributed by atoms with Crippen LogP contribution in [0.1, 0.15) is 27.4 Å². The number of aromatic nitrogens is 2. The first-order chi connectivity index (χ1) is 11.7. The Morgan fingerprint density at radius 1 is 1.29 bits per heavy atom. The fraction of sp³-hybridized carbons (Fsp3) is 0.389. The van der Waals surface area contributed by atoms with E-state index in [0.29, 0.717) is 24.7 Å². The molecule has 1 aromatic heterocycles. The van der Waals surface area contributed by atoms with Crippen molar-refractivity contribution in [2.24, 2.45) is 0 Å². The zero-order chi connectivity index (χ0) is 16.9. The number of amides is 1. The van der Waals surface area contributed by atoms with Crippen molar-refractivity contribution in [2.75, 3.05) is 31.7 Å². The summed E-state index contributed by atoms with van der Waals surface area (Å²) in [6.07, 6.45) is 0.981. The topological polar surface area (TPSA) is 67.3 Å². The van der Waals surface area contributed by atoms with Gasteiger partial charge in [-0.15, -0.1) is 0 Å². The van der Waals surface area contributed by atoms with Crippen LogP contribution in [0.2, 0.25) is 0 Å². The zero-order valence-corrected chi connectivity index (χ0v) is 14.1. The van der Waals surface area contributed by atoms with Crippen molar-refractivity contribution in [3.05, 3.63) is 53.0 Å². The minimum atomic E-state index is -0.198. The molecule has 126 valence electrons. The lowest BCUT2D eigenvalue weighted by atomic mass is 10.00. The molecule has 0 unspecified atom stereocenters. The van der Waals surface area contributed by atoms with Crippen molar-refractivity contribution < 1.29 is 9.53 Å². The van der Waals surface area contributed by atoms with Gasteiger partial charge in [0.1, 0.15) is 17.3 Å². The van der Waals surface area contributed by atoms with Gasteiger partial charge in [-0.1, -0.05) is 24.3 Å². The molecule has 0 saturated heterocycles. The summed E-state index contributed by atoms with van der Waals surface area (Å²) in [5.74, 6) is 1.20. The second-order valence-corrected chi connectivity index (χ2v) is 5.85. The molecule has 0 radical (unpaired) electrons. The van der Waals surface area contributed by atoms with Crippen molar-refractivity contribution in [1.29, 1.82) is 0 Å². The summed E-state index contributed by atoms with van der Waals surface area (Å²) in [7, 11) is 1.60. The summed E-state index contributed by atoms with van der Waals surface area (Å²) in [5, 5.41) is 2.80. The molecule has 0 spiro atoms. The third-order valence-corrected chi connectivity index (χ3v) is 4.10. The summed E-state index contributed by atoms with van der Waals surface area (Å²) in [5.41, 5.74) is 3.09. The Hall–Kier alpha value is -2.47. The molecule has 3 rings (SSSR count). The number of hydrogen-bond donors (Lipinski definition) is 1. The monoisotopic (exact) mass is 326 g/mol. The summed E-state index contributed by atoms with van der Waals surface area (Å²) in [6.45, 7) is 4.44. The van der Waals surface area contributed by atoms with Crippen LogP contribution >= 0.6 is 0 Å². The number of carbonyl (C=O) groups excluding carboxylic acids is 1. The van der Waals surface area contributed by atoms with Gasteiger partial charge in [-0.05, 0) is 24.5 Å². The van der Waals surface area contributed by atoms with E-state index in [2.05, 4.69) is 44.5 Å². The molecule has 2 aromatic rings. The molecule has 6 nitrogen and oxygen atoms in total. The zero-order valence-electron chi connectivity index (χ0n) is 14.1. The van der Waals surface area contributed by atoms with Crippen LogP contribution in [0.3, 0.4) is 0 Å². The van der Waals surface area contributed by atoms with Crippen LogP contribution in [0.4, 0.5) is 5.82 Å². The number of hydrogen-bond acceptors (Lipinski definition) is 5. The van der Waals surface area contributed by atoms with Gasteiger partial charge < -0.3 is 15.0 Å². The second-order valence-electron chi connectivity index (χ2n) is 5.85. The molecule has 1 N–H and O–H groups in total. The van der Waals surface area contributed by atoms with Gasteiger partial charge in [-0.25, -0.2) is 9.97 Å². The van der Waals surface area contributed by atoms with Gasteiger partial charge in [0.05, 0.1) is 6.61 Å². The molecule has 0 saturated carbocycles. The van der Waals surface area contributed by atoms with Crippen LogP contribution in [-0.4, -0.2) is 42.7 Å². The van der Waals surface area contributed by atoms with Crippen molar-refractivity contribution in [3.63, 3.8) is 0 Å². The lowest BCUT2D eigenvalue weighted by Gasteiger charge is -2.30. The fourth-order valence-corrected chi connectivity index (χ4v) is 2.88. The van der Waals surface area contributed by atoms with Crippen LogP contribution in [0, 0.1) is 6.92 Å². The maximum atomic E-state index is 12.2. The molecule has 0 aliphatic carbocycles. The average molecular weight is 326 g/mol. The van der Waals surface area contributed by atoms with E-state index in [-0.39, 0.29) is 5.91 Å². The van der Waals surface area contributed by atoms with Gasteiger partial charge in [0.15, 0.2) is 0 Å². The quantitative estimate of drug-likeness (QED) is 0.848. The predicted octanol–water partition coefficient (Wildman–Crippen LogP) is 1.72. The molecule has 0 bridgehead atoms. The Morgan fingerprint density at radius 2 is 2.08 bits per heavy atom. The summed E-state index contributed by atoms with van der Waals surface area (Å²) < 4.78 is 4.95. The Morgan fingerprint density at radius 3 is 2.88 bits per heavy atom. The van der Waals surface area contributed by atoms with Gasteiger partial charge >= 0.3 is 0 Å². The lowest BCUT2D eigenvalue weighted by molar-refractivity contribution is 0.0931. The molecule has 1 aliphatic heterocycles. The minimum Gasteiger partial charge on any atom is -0.383 e. The predicted molar refractivity (Wildman–Crippen MR) is 92.2 cm³/mol. The third kappa shape index (κ3) is 3.71. The maximum Gasteiger partial charge on any atom is 0.270 e. The van der Waals surface area contributed by atoms with E-state index >= 15 is 0 Å². The molecule has 6 heteroatoms. The minimum absolute atomic E-state index is 0.198. The van der Waals surface area contributed by atoms with Crippen molar-refractivity contribution in [3.8, 4) is 0 Å². The Bertz CT molecular complexity index is 733. The fourth-order valence-electron chi connectivity index (χ4n) is 2.88. The lowest BCUT2D eigenvalue weighted by Crippen LogP contribution is -2.32. The maximum absolute atomic E-state index is 12.2. The van der Waals surface area contributed by atoms with Gasteiger partial charge in [0.25, 0.3) is 5.91 Å². The highest BCUT2D eigenvalue weighted by Gasteiger charge is 2.19. The van der Waals surface area contributed by atoms with Crippen LogP contribution < -0.4 is 10.2 Å². The Labute approximate surface area is 141 Å². The molecule has 0 atom stereocenters. The molecular weight excluding hydrogens is 304 g/mol. The molecule has 0 fully saturated rings. The van der Waals surface area contributed by atoms with E-state index in [1.165, 1.54) is 11.1 Å². The van der Waals surface area contributed by atoms with Gasteiger partial charge in [-0.2, -0.15) is 0 Å². The number of nitrogens with zero attached hydrogens (tertiary/aromatic N) is 3. The third-order valence-electron chi connectivity index (χ3n) is 4.10. The van der Waals surface area contributed by atoms with Crippen LogP contribution in [0.15, 0.2) is 30.3 Å². The van der Waals surface area contributed by atoms with E-state index in [0.717, 1.165) is 25.3 Å². The van der Waals surface area contributed by atoms with E-state index in [1.807, 2.05) is 6.92 Å². The highest BCUT2D eigenvalue weighted by atomic mass is 16.5. The first-order valence-electron chi connectivity index (χ1n) is 8.12. The number of benzene rings is 1. The van der Waals surface area contributed by atoms with Gasteiger partial charge in [0.2, 0.25) is 0 Å². The number of nitrogens with one attached hydrogen (secondary N) is 1. The number of anilines is 1. The van der Waals surface area contributed by atoms with E-state index < -0.39 is 0 Å². The molecule has 24 heavy (non-hydrogen) atoms.